The molecule has 0 spiro atoms. The Labute approximate surface area is 135 Å². The lowest BCUT2D eigenvalue weighted by Crippen LogP contribution is -2.37. The van der Waals surface area contributed by atoms with Crippen LogP contribution >= 0.6 is 0 Å². The molecule has 1 N–H and O–H groups in total. The lowest BCUT2D eigenvalue weighted by atomic mass is 10.1. The number of amides is 1. The molecule has 2 heterocycles. The van der Waals surface area contributed by atoms with Crippen LogP contribution < -0.4 is 10.2 Å². The van der Waals surface area contributed by atoms with Gasteiger partial charge in [-0.05, 0) is 18.6 Å². The molecule has 2 aromatic rings. The van der Waals surface area contributed by atoms with Crippen LogP contribution in [0.25, 0.3) is 0 Å². The summed E-state index contributed by atoms with van der Waals surface area (Å²) in [4.78, 5) is 23.1. The Hall–Kier alpha value is -2.47. The maximum absolute atomic E-state index is 12.4. The van der Waals surface area contributed by atoms with Gasteiger partial charge in [0.05, 0.1) is 19.3 Å². The molecule has 3 rings (SSSR count). The number of benzene rings is 1. The van der Waals surface area contributed by atoms with Gasteiger partial charge < -0.3 is 15.0 Å². The number of rotatable bonds is 4. The zero-order valence-corrected chi connectivity index (χ0v) is 13.1. The molecular formula is C17H20N4O2. The smallest absolute Gasteiger partial charge is 0.270 e. The monoisotopic (exact) mass is 312 g/mol. The minimum Gasteiger partial charge on any atom is -0.378 e. The molecule has 1 saturated heterocycles. The highest BCUT2D eigenvalue weighted by Crippen LogP contribution is 2.13. The van der Waals surface area contributed by atoms with Crippen molar-refractivity contribution in [1.29, 1.82) is 0 Å². The van der Waals surface area contributed by atoms with Gasteiger partial charge in [-0.25, -0.2) is 9.97 Å². The Morgan fingerprint density at radius 2 is 1.96 bits per heavy atom. The maximum atomic E-state index is 12.4. The molecule has 23 heavy (non-hydrogen) atoms. The molecule has 0 saturated carbocycles. The topological polar surface area (TPSA) is 67.4 Å². The van der Waals surface area contributed by atoms with E-state index in [1.807, 2.05) is 42.2 Å². The average molecular weight is 312 g/mol. The molecule has 120 valence electrons. The quantitative estimate of drug-likeness (QED) is 0.932. The molecule has 1 aromatic heterocycles. The molecule has 1 unspecified atom stereocenters. The second kappa shape index (κ2) is 7.19. The molecule has 6 nitrogen and oxygen atoms in total. The third-order valence-electron chi connectivity index (χ3n) is 3.82. The first-order valence-corrected chi connectivity index (χ1v) is 7.75. The van der Waals surface area contributed by atoms with E-state index in [2.05, 4.69) is 15.3 Å². The zero-order chi connectivity index (χ0) is 16.1. The predicted molar refractivity (Wildman–Crippen MR) is 87.4 cm³/mol. The van der Waals surface area contributed by atoms with Crippen LogP contribution in [-0.2, 0) is 4.74 Å². The third-order valence-corrected chi connectivity index (χ3v) is 3.82. The van der Waals surface area contributed by atoms with Gasteiger partial charge in [-0.2, -0.15) is 0 Å². The molecule has 1 aliphatic rings. The fourth-order valence-corrected chi connectivity index (χ4v) is 2.49. The fraction of sp³-hybridized carbons (Fsp3) is 0.353. The summed E-state index contributed by atoms with van der Waals surface area (Å²) in [6.45, 7) is 4.75. The van der Waals surface area contributed by atoms with Crippen LogP contribution in [0.1, 0.15) is 29.0 Å². The van der Waals surface area contributed by atoms with Gasteiger partial charge in [-0.3, -0.25) is 4.79 Å². The van der Waals surface area contributed by atoms with E-state index >= 15 is 0 Å². The van der Waals surface area contributed by atoms with Crippen LogP contribution in [0.5, 0.6) is 0 Å². The number of carbonyl (C=O) groups excluding carboxylic acids is 1. The summed E-state index contributed by atoms with van der Waals surface area (Å²) in [7, 11) is 0. The molecular weight excluding hydrogens is 292 g/mol. The van der Waals surface area contributed by atoms with E-state index < -0.39 is 0 Å². The first kappa shape index (κ1) is 15.4. The standard InChI is InChI=1S/C17H20N4O2/c1-13(14-5-3-2-4-6-14)19-16(22)15-7-8-18-17(20-15)21-9-11-23-12-10-21/h2-8,13H,9-12H2,1H3,(H,19,22). The minimum absolute atomic E-state index is 0.0782. The molecule has 0 bridgehead atoms. The molecule has 0 aliphatic carbocycles. The van der Waals surface area contributed by atoms with E-state index in [1.54, 1.807) is 12.3 Å². The second-order valence-electron chi connectivity index (χ2n) is 5.45. The molecule has 1 amide bonds. The highest BCUT2D eigenvalue weighted by atomic mass is 16.5. The fourth-order valence-electron chi connectivity index (χ4n) is 2.49. The number of nitrogens with one attached hydrogen (secondary N) is 1. The highest BCUT2D eigenvalue weighted by Gasteiger charge is 2.17. The van der Waals surface area contributed by atoms with E-state index in [9.17, 15) is 4.79 Å². The van der Waals surface area contributed by atoms with Gasteiger partial charge in [-0.15, -0.1) is 0 Å². The highest BCUT2D eigenvalue weighted by molar-refractivity contribution is 5.92. The largest absolute Gasteiger partial charge is 0.378 e. The number of morpholine rings is 1. The number of hydrogen-bond donors (Lipinski definition) is 1. The van der Waals surface area contributed by atoms with Gasteiger partial charge in [0.15, 0.2) is 0 Å². The number of ether oxygens (including phenoxy) is 1. The lowest BCUT2D eigenvalue weighted by molar-refractivity contribution is 0.0934. The first-order chi connectivity index (χ1) is 11.2. The molecule has 1 aliphatic heterocycles. The van der Waals surface area contributed by atoms with Crippen molar-refractivity contribution < 1.29 is 9.53 Å². The molecule has 0 radical (unpaired) electrons. The third kappa shape index (κ3) is 3.84. The van der Waals surface area contributed by atoms with Crippen LogP contribution in [0.4, 0.5) is 5.95 Å². The summed E-state index contributed by atoms with van der Waals surface area (Å²) in [6, 6.07) is 11.4. The number of anilines is 1. The minimum atomic E-state index is -0.196. The van der Waals surface area contributed by atoms with Gasteiger partial charge in [0.2, 0.25) is 5.95 Å². The second-order valence-corrected chi connectivity index (χ2v) is 5.45. The van der Waals surface area contributed by atoms with Gasteiger partial charge in [-0.1, -0.05) is 30.3 Å². The summed E-state index contributed by atoms with van der Waals surface area (Å²) in [5.41, 5.74) is 1.44. The Kier molecular flexibility index (Phi) is 4.83. The van der Waals surface area contributed by atoms with Crippen molar-refractivity contribution in [2.75, 3.05) is 31.2 Å². The van der Waals surface area contributed by atoms with Gasteiger partial charge in [0.1, 0.15) is 5.69 Å². The van der Waals surface area contributed by atoms with Crippen LogP contribution in [0.2, 0.25) is 0 Å². The number of aromatic nitrogens is 2. The summed E-state index contributed by atoms with van der Waals surface area (Å²) in [5.74, 6) is 0.381. The molecule has 1 aromatic carbocycles. The van der Waals surface area contributed by atoms with Crippen molar-refractivity contribution in [1.82, 2.24) is 15.3 Å². The van der Waals surface area contributed by atoms with Gasteiger partial charge in [0.25, 0.3) is 5.91 Å². The van der Waals surface area contributed by atoms with Crippen molar-refractivity contribution in [3.05, 3.63) is 53.9 Å². The van der Waals surface area contributed by atoms with Crippen LogP contribution in [0.3, 0.4) is 0 Å². The van der Waals surface area contributed by atoms with Crippen LogP contribution in [0.15, 0.2) is 42.6 Å². The summed E-state index contributed by atoms with van der Waals surface area (Å²) in [6.07, 6.45) is 1.62. The Bertz CT molecular complexity index is 657. The predicted octanol–water partition coefficient (Wildman–Crippen LogP) is 1.80. The molecule has 6 heteroatoms. The van der Waals surface area contributed by atoms with Gasteiger partial charge >= 0.3 is 0 Å². The van der Waals surface area contributed by atoms with Crippen molar-refractivity contribution >= 4 is 11.9 Å². The Balaban J connectivity index is 1.69. The molecule has 1 atom stereocenters. The van der Waals surface area contributed by atoms with E-state index in [0.29, 0.717) is 24.9 Å². The Morgan fingerprint density at radius 3 is 2.70 bits per heavy atom. The van der Waals surface area contributed by atoms with Crippen molar-refractivity contribution in [2.24, 2.45) is 0 Å². The summed E-state index contributed by atoms with van der Waals surface area (Å²) in [5, 5.41) is 2.97. The van der Waals surface area contributed by atoms with Crippen molar-refractivity contribution in [3.8, 4) is 0 Å². The number of hydrogen-bond acceptors (Lipinski definition) is 5. The summed E-state index contributed by atoms with van der Waals surface area (Å²) >= 11 is 0. The lowest BCUT2D eigenvalue weighted by Gasteiger charge is -2.26. The number of nitrogens with zero attached hydrogens (tertiary/aromatic N) is 3. The van der Waals surface area contributed by atoms with Crippen LogP contribution in [0, 0.1) is 0 Å². The molecule has 1 fully saturated rings. The first-order valence-electron chi connectivity index (χ1n) is 7.75. The van der Waals surface area contributed by atoms with E-state index in [-0.39, 0.29) is 11.9 Å². The Morgan fingerprint density at radius 1 is 1.22 bits per heavy atom. The van der Waals surface area contributed by atoms with E-state index in [0.717, 1.165) is 18.7 Å². The normalized spacial score (nSPS) is 16.0. The number of carbonyl (C=O) groups is 1. The zero-order valence-electron chi connectivity index (χ0n) is 13.1. The van der Waals surface area contributed by atoms with E-state index in [1.165, 1.54) is 0 Å². The van der Waals surface area contributed by atoms with Crippen molar-refractivity contribution in [3.63, 3.8) is 0 Å². The van der Waals surface area contributed by atoms with Crippen molar-refractivity contribution in [2.45, 2.75) is 13.0 Å². The maximum Gasteiger partial charge on any atom is 0.270 e. The van der Waals surface area contributed by atoms with Crippen LogP contribution in [-0.4, -0.2) is 42.2 Å². The summed E-state index contributed by atoms with van der Waals surface area (Å²) < 4.78 is 5.32. The van der Waals surface area contributed by atoms with E-state index in [4.69, 9.17) is 4.74 Å². The SMILES string of the molecule is CC(NC(=O)c1ccnc(N2CCOCC2)n1)c1ccccc1. The average Bonchev–Trinajstić information content (AvgIpc) is 2.63. The van der Waals surface area contributed by atoms with Gasteiger partial charge in [0, 0.05) is 19.3 Å².